The molecule has 0 unspecified atom stereocenters. The van der Waals surface area contributed by atoms with Crippen LogP contribution in [0.25, 0.3) is 0 Å². The van der Waals surface area contributed by atoms with E-state index in [-0.39, 0.29) is 0 Å². The van der Waals surface area contributed by atoms with Gasteiger partial charge in [-0.25, -0.2) is 0 Å². The highest BCUT2D eigenvalue weighted by atomic mass is 35.5. The zero-order valence-electron chi connectivity index (χ0n) is 12.5. The molecule has 1 heterocycles. The van der Waals surface area contributed by atoms with Gasteiger partial charge in [0.2, 0.25) is 0 Å². The lowest BCUT2D eigenvalue weighted by Crippen LogP contribution is -2.47. The Morgan fingerprint density at radius 2 is 1.65 bits per heavy atom. The van der Waals surface area contributed by atoms with Crippen molar-refractivity contribution in [2.24, 2.45) is 5.92 Å². The minimum absolute atomic E-state index is 0.780. The van der Waals surface area contributed by atoms with Gasteiger partial charge in [-0.15, -0.1) is 11.8 Å². The van der Waals surface area contributed by atoms with Gasteiger partial charge in [-0.1, -0.05) is 25.4 Å². The number of hydrogen-bond acceptors (Lipinski definition) is 3. The lowest BCUT2D eigenvalue weighted by molar-refractivity contribution is 0.127. The summed E-state index contributed by atoms with van der Waals surface area (Å²) in [6.45, 7) is 11.9. The third-order valence-electron chi connectivity index (χ3n) is 3.58. The molecular formula is C16H25ClN2S. The van der Waals surface area contributed by atoms with Gasteiger partial charge in [-0.3, -0.25) is 4.90 Å². The maximum Gasteiger partial charge on any atom is 0.0406 e. The van der Waals surface area contributed by atoms with Crippen LogP contribution in [0.4, 0.5) is 0 Å². The van der Waals surface area contributed by atoms with Gasteiger partial charge in [-0.05, 0) is 30.2 Å². The van der Waals surface area contributed by atoms with Crippen LogP contribution in [-0.2, 0) is 0 Å². The SMILES string of the molecule is CC(C)CN1CCN(CCSc2ccc(Cl)cc2)CC1. The van der Waals surface area contributed by atoms with Crippen LogP contribution < -0.4 is 0 Å². The molecule has 1 aliphatic heterocycles. The van der Waals surface area contributed by atoms with Gasteiger partial charge in [0.25, 0.3) is 0 Å². The minimum Gasteiger partial charge on any atom is -0.301 e. The number of nitrogens with zero attached hydrogens (tertiary/aromatic N) is 2. The van der Waals surface area contributed by atoms with Crippen molar-refractivity contribution in [3.8, 4) is 0 Å². The van der Waals surface area contributed by atoms with E-state index in [1.807, 2.05) is 23.9 Å². The monoisotopic (exact) mass is 312 g/mol. The molecule has 0 aromatic heterocycles. The van der Waals surface area contributed by atoms with Crippen molar-refractivity contribution < 1.29 is 0 Å². The fourth-order valence-corrected chi connectivity index (χ4v) is 3.57. The predicted molar refractivity (Wildman–Crippen MR) is 89.9 cm³/mol. The summed E-state index contributed by atoms with van der Waals surface area (Å²) in [6.07, 6.45) is 0. The summed E-state index contributed by atoms with van der Waals surface area (Å²) >= 11 is 7.82. The molecule has 0 bridgehead atoms. The molecule has 0 radical (unpaired) electrons. The van der Waals surface area contributed by atoms with E-state index in [0.717, 1.165) is 16.7 Å². The molecule has 2 rings (SSSR count). The third kappa shape index (κ3) is 5.65. The molecule has 112 valence electrons. The first-order valence-corrected chi connectivity index (χ1v) is 8.83. The molecule has 1 aromatic carbocycles. The average Bonchev–Trinajstić information content (AvgIpc) is 2.42. The second-order valence-electron chi connectivity index (χ2n) is 5.84. The number of benzene rings is 1. The van der Waals surface area contributed by atoms with E-state index in [4.69, 9.17) is 11.6 Å². The molecule has 0 spiro atoms. The van der Waals surface area contributed by atoms with Gasteiger partial charge < -0.3 is 4.90 Å². The summed E-state index contributed by atoms with van der Waals surface area (Å²) in [6, 6.07) is 8.14. The Hall–Kier alpha value is -0.220. The quantitative estimate of drug-likeness (QED) is 0.739. The van der Waals surface area contributed by atoms with Gasteiger partial charge in [0.05, 0.1) is 0 Å². The molecule has 1 aliphatic rings. The average molecular weight is 313 g/mol. The van der Waals surface area contributed by atoms with Crippen molar-refractivity contribution in [3.05, 3.63) is 29.3 Å². The fourth-order valence-electron chi connectivity index (χ4n) is 2.54. The Labute approximate surface area is 132 Å². The van der Waals surface area contributed by atoms with Crippen LogP contribution in [0.15, 0.2) is 29.2 Å². The zero-order chi connectivity index (χ0) is 14.4. The molecule has 1 aromatic rings. The van der Waals surface area contributed by atoms with E-state index in [2.05, 4.69) is 35.8 Å². The maximum absolute atomic E-state index is 5.89. The molecular weight excluding hydrogens is 288 g/mol. The van der Waals surface area contributed by atoms with Crippen LogP contribution in [0.2, 0.25) is 5.02 Å². The van der Waals surface area contributed by atoms with Crippen molar-refractivity contribution in [1.82, 2.24) is 9.80 Å². The third-order valence-corrected chi connectivity index (χ3v) is 4.82. The Morgan fingerprint density at radius 1 is 1.05 bits per heavy atom. The number of thioether (sulfide) groups is 1. The van der Waals surface area contributed by atoms with Crippen LogP contribution in [0.5, 0.6) is 0 Å². The van der Waals surface area contributed by atoms with E-state index in [1.54, 1.807) is 0 Å². The van der Waals surface area contributed by atoms with E-state index in [9.17, 15) is 0 Å². The molecule has 0 amide bonds. The topological polar surface area (TPSA) is 6.48 Å². The first kappa shape index (κ1) is 16.2. The first-order chi connectivity index (χ1) is 9.63. The molecule has 4 heteroatoms. The lowest BCUT2D eigenvalue weighted by Gasteiger charge is -2.35. The van der Waals surface area contributed by atoms with Crippen molar-refractivity contribution in [2.75, 3.05) is 45.0 Å². The van der Waals surface area contributed by atoms with Crippen LogP contribution >= 0.6 is 23.4 Å². The fraction of sp³-hybridized carbons (Fsp3) is 0.625. The highest BCUT2D eigenvalue weighted by Gasteiger charge is 2.16. The number of rotatable bonds is 6. The van der Waals surface area contributed by atoms with Crippen molar-refractivity contribution >= 4 is 23.4 Å². The highest BCUT2D eigenvalue weighted by Crippen LogP contribution is 2.20. The smallest absolute Gasteiger partial charge is 0.0406 e. The van der Waals surface area contributed by atoms with Gasteiger partial charge >= 0.3 is 0 Å². The minimum atomic E-state index is 0.780. The van der Waals surface area contributed by atoms with Gasteiger partial charge in [0.15, 0.2) is 0 Å². The number of halogens is 1. The predicted octanol–water partition coefficient (Wildman–Crippen LogP) is 3.71. The molecule has 2 nitrogen and oxygen atoms in total. The van der Waals surface area contributed by atoms with Gasteiger partial charge in [-0.2, -0.15) is 0 Å². The highest BCUT2D eigenvalue weighted by molar-refractivity contribution is 7.99. The van der Waals surface area contributed by atoms with Crippen LogP contribution in [-0.4, -0.2) is 54.8 Å². The largest absolute Gasteiger partial charge is 0.301 e. The summed E-state index contributed by atoms with van der Waals surface area (Å²) in [4.78, 5) is 6.49. The van der Waals surface area contributed by atoms with Crippen LogP contribution in [0, 0.1) is 5.92 Å². The standard InChI is InChI=1S/C16H25ClN2S/c1-14(2)13-19-9-7-18(8-10-19)11-12-20-16-5-3-15(17)4-6-16/h3-6,14H,7-13H2,1-2H3. The maximum atomic E-state index is 5.89. The normalized spacial score (nSPS) is 17.8. The zero-order valence-corrected chi connectivity index (χ0v) is 14.1. The summed E-state index contributed by atoms with van der Waals surface area (Å²) in [5.74, 6) is 1.94. The summed E-state index contributed by atoms with van der Waals surface area (Å²) < 4.78 is 0. The molecule has 1 fully saturated rings. The van der Waals surface area contributed by atoms with Gasteiger partial charge in [0.1, 0.15) is 0 Å². The second-order valence-corrected chi connectivity index (χ2v) is 7.44. The molecule has 0 saturated carbocycles. The van der Waals surface area contributed by atoms with Crippen LogP contribution in [0.3, 0.4) is 0 Å². The van der Waals surface area contributed by atoms with Crippen molar-refractivity contribution in [3.63, 3.8) is 0 Å². The molecule has 0 atom stereocenters. The van der Waals surface area contributed by atoms with Crippen LogP contribution in [0.1, 0.15) is 13.8 Å². The van der Waals surface area contributed by atoms with E-state index < -0.39 is 0 Å². The number of hydrogen-bond donors (Lipinski definition) is 0. The van der Waals surface area contributed by atoms with Gasteiger partial charge in [0, 0.05) is 54.9 Å². The summed E-state index contributed by atoms with van der Waals surface area (Å²) in [5.41, 5.74) is 0. The van der Waals surface area contributed by atoms with E-state index in [1.165, 1.54) is 44.2 Å². The summed E-state index contributed by atoms with van der Waals surface area (Å²) in [7, 11) is 0. The Morgan fingerprint density at radius 3 is 2.25 bits per heavy atom. The first-order valence-electron chi connectivity index (χ1n) is 7.46. The molecule has 1 saturated heterocycles. The Bertz CT molecular complexity index is 386. The second kappa shape index (κ2) is 8.28. The molecule has 20 heavy (non-hydrogen) atoms. The summed E-state index contributed by atoms with van der Waals surface area (Å²) in [5, 5.41) is 0.815. The lowest BCUT2D eigenvalue weighted by atomic mass is 10.2. The van der Waals surface area contributed by atoms with Crippen molar-refractivity contribution in [1.29, 1.82) is 0 Å². The van der Waals surface area contributed by atoms with E-state index in [0.29, 0.717) is 0 Å². The Balaban J connectivity index is 1.62. The van der Waals surface area contributed by atoms with E-state index >= 15 is 0 Å². The number of piperazine rings is 1. The van der Waals surface area contributed by atoms with Crippen molar-refractivity contribution in [2.45, 2.75) is 18.7 Å². The Kier molecular flexibility index (Phi) is 6.69. The molecule has 0 N–H and O–H groups in total. The molecule has 0 aliphatic carbocycles.